The first-order chi connectivity index (χ1) is 13.8. The predicted octanol–water partition coefficient (Wildman–Crippen LogP) is 9.63. The second-order valence-electron chi connectivity index (χ2n) is 6.15. The quantitative estimate of drug-likeness (QED) is 0.176. The van der Waals surface area contributed by atoms with Crippen LogP contribution in [0.4, 0.5) is 0 Å². The Kier molecular flexibility index (Phi) is 42.3. The Balaban J connectivity index is -0.000000149. The summed E-state index contributed by atoms with van der Waals surface area (Å²) in [5.41, 5.74) is 4.85. The van der Waals surface area contributed by atoms with E-state index in [0.29, 0.717) is 0 Å². The summed E-state index contributed by atoms with van der Waals surface area (Å²) in [6, 6.07) is 29.3. The van der Waals surface area contributed by atoms with Gasteiger partial charge in [0.2, 0.25) is 0 Å². The molecule has 0 N–H and O–H groups in total. The molecule has 0 aromatic heterocycles. The standard InChI is InChI=1S/C22H18.C4H10.C2H5.2CH4.CH3.2B.Y/c1-3-7-19(8-4-1)11-13-21-15-17-22(18-16-21)14-12-20-9-5-2-6-10-20;1-3-4-2;1-2;;;;;;/h1-18H;3-4H2,1-2H3;1H2,2H3;2*1H4;1H3;;;/q;;-1;;;-1;;;/b13-11+,14-12+;;;;;;;;. The Morgan fingerprint density at radius 2 is 0.706 bits per heavy atom. The molecule has 0 atom stereocenters. The maximum atomic E-state index is 3.25. The number of unbranched alkanes of at least 4 members (excludes halogenated alkanes) is 1. The summed E-state index contributed by atoms with van der Waals surface area (Å²) >= 11 is 0. The minimum absolute atomic E-state index is 0. The molecule has 0 aliphatic rings. The number of rotatable bonds is 5. The summed E-state index contributed by atoms with van der Waals surface area (Å²) in [6.07, 6.45) is 11.2. The van der Waals surface area contributed by atoms with Gasteiger partial charge in [0.05, 0.1) is 0 Å². The normalized spacial score (nSPS) is 8.35. The Bertz CT molecular complexity index is 725. The van der Waals surface area contributed by atoms with Crippen LogP contribution < -0.4 is 0 Å². The van der Waals surface area contributed by atoms with Crippen LogP contribution in [-0.4, -0.2) is 16.8 Å². The van der Waals surface area contributed by atoms with Crippen molar-refractivity contribution in [1.82, 2.24) is 0 Å². The molecule has 3 aromatic carbocycles. The maximum absolute atomic E-state index is 3.25. The topological polar surface area (TPSA) is 0 Å². The Morgan fingerprint density at radius 1 is 0.500 bits per heavy atom. The molecule has 0 nitrogen and oxygen atoms in total. The van der Waals surface area contributed by atoms with Crippen LogP contribution in [0, 0.1) is 14.4 Å². The second kappa shape index (κ2) is 31.4. The van der Waals surface area contributed by atoms with E-state index in [0.717, 1.165) is 0 Å². The Hall–Kier alpha value is -1.63. The largest absolute Gasteiger partial charge is 0.358 e. The third kappa shape index (κ3) is 20.9. The van der Waals surface area contributed by atoms with Crippen LogP contribution in [0.15, 0.2) is 84.9 Å². The van der Waals surface area contributed by atoms with Crippen molar-refractivity contribution in [2.75, 3.05) is 0 Å². The van der Waals surface area contributed by atoms with E-state index in [1.54, 1.807) is 6.92 Å². The zero-order valence-corrected chi connectivity index (χ0v) is 23.1. The first kappa shape index (κ1) is 45.8. The molecular formula is C31H44B2Y-2. The van der Waals surface area contributed by atoms with Crippen LogP contribution in [0.5, 0.6) is 0 Å². The van der Waals surface area contributed by atoms with E-state index in [-0.39, 0.29) is 71.8 Å². The monoisotopic (exact) mass is 527 g/mol. The first-order valence-electron chi connectivity index (χ1n) is 10.1. The van der Waals surface area contributed by atoms with E-state index in [2.05, 4.69) is 118 Å². The molecule has 0 fully saturated rings. The molecule has 7 radical (unpaired) electrons. The molecule has 0 saturated carbocycles. The summed E-state index contributed by atoms with van der Waals surface area (Å²) in [4.78, 5) is 0. The van der Waals surface area contributed by atoms with Crippen LogP contribution in [0.3, 0.4) is 0 Å². The summed E-state index contributed by atoms with van der Waals surface area (Å²) < 4.78 is 0. The fourth-order valence-corrected chi connectivity index (χ4v) is 2.23. The average molecular weight is 527 g/mol. The molecule has 0 amide bonds. The second-order valence-corrected chi connectivity index (χ2v) is 6.15. The zero-order chi connectivity index (χ0) is 20.5. The molecule has 3 aromatic rings. The first-order valence-corrected chi connectivity index (χ1v) is 10.1. The molecule has 0 aliphatic heterocycles. The average Bonchev–Trinajstić information content (AvgIpc) is 2.80. The molecule has 0 saturated heterocycles. The van der Waals surface area contributed by atoms with Crippen LogP contribution in [0.1, 0.15) is 70.7 Å². The van der Waals surface area contributed by atoms with Gasteiger partial charge in [-0.3, -0.25) is 0 Å². The van der Waals surface area contributed by atoms with Gasteiger partial charge in [0, 0.05) is 49.5 Å². The third-order valence-corrected chi connectivity index (χ3v) is 3.97. The zero-order valence-electron chi connectivity index (χ0n) is 20.2. The van der Waals surface area contributed by atoms with Gasteiger partial charge in [0.25, 0.3) is 0 Å². The molecule has 179 valence electrons. The van der Waals surface area contributed by atoms with Crippen molar-refractivity contribution in [2.24, 2.45) is 0 Å². The fourth-order valence-electron chi connectivity index (χ4n) is 2.23. The molecule has 0 bridgehead atoms. The summed E-state index contributed by atoms with van der Waals surface area (Å²) in [7, 11) is 0. The van der Waals surface area contributed by atoms with Crippen LogP contribution in [0.2, 0.25) is 0 Å². The van der Waals surface area contributed by atoms with Gasteiger partial charge in [-0.1, -0.05) is 151 Å². The van der Waals surface area contributed by atoms with Crippen molar-refractivity contribution in [3.05, 3.63) is 122 Å². The van der Waals surface area contributed by atoms with Gasteiger partial charge < -0.3 is 14.4 Å². The number of benzene rings is 3. The van der Waals surface area contributed by atoms with Crippen molar-refractivity contribution in [2.45, 2.75) is 48.5 Å². The summed E-state index contributed by atoms with van der Waals surface area (Å²) in [5.74, 6) is 0. The van der Waals surface area contributed by atoms with Crippen molar-refractivity contribution in [1.29, 1.82) is 0 Å². The minimum atomic E-state index is 0. The Labute approximate surface area is 242 Å². The van der Waals surface area contributed by atoms with Crippen molar-refractivity contribution >= 4 is 41.1 Å². The van der Waals surface area contributed by atoms with E-state index in [1.807, 2.05) is 12.1 Å². The van der Waals surface area contributed by atoms with Crippen LogP contribution in [0.25, 0.3) is 24.3 Å². The van der Waals surface area contributed by atoms with Crippen molar-refractivity contribution in [3.63, 3.8) is 0 Å². The number of hydrogen-bond acceptors (Lipinski definition) is 0. The van der Waals surface area contributed by atoms with Gasteiger partial charge in [-0.15, -0.1) is 0 Å². The molecule has 0 aliphatic carbocycles. The Morgan fingerprint density at radius 3 is 0.912 bits per heavy atom. The summed E-state index contributed by atoms with van der Waals surface area (Å²) in [6.45, 7) is 9.36. The van der Waals surface area contributed by atoms with Crippen molar-refractivity contribution in [3.8, 4) is 0 Å². The van der Waals surface area contributed by atoms with E-state index in [9.17, 15) is 0 Å². The van der Waals surface area contributed by atoms with Crippen LogP contribution in [-0.2, 0) is 32.7 Å². The van der Waals surface area contributed by atoms with E-state index in [1.165, 1.54) is 35.1 Å². The van der Waals surface area contributed by atoms with Gasteiger partial charge in [-0.05, 0) is 22.3 Å². The van der Waals surface area contributed by atoms with Gasteiger partial charge >= 0.3 is 0 Å². The molecule has 3 heteroatoms. The molecule has 0 heterocycles. The predicted molar refractivity (Wildman–Crippen MR) is 160 cm³/mol. The SMILES string of the molecule is C.C.C(=C\c1ccc(/C=C/c2ccccc2)cc1)/c1ccccc1.CCCC.[B].[B].[CH2-]C.[CH3-].[Y]. The van der Waals surface area contributed by atoms with Gasteiger partial charge in [0.15, 0.2) is 0 Å². The van der Waals surface area contributed by atoms with Gasteiger partial charge in [-0.2, -0.15) is 6.92 Å². The molecule has 3 rings (SSSR count). The van der Waals surface area contributed by atoms with Crippen molar-refractivity contribution < 1.29 is 32.7 Å². The van der Waals surface area contributed by atoms with Gasteiger partial charge in [-0.25, -0.2) is 0 Å². The molecule has 0 spiro atoms. The van der Waals surface area contributed by atoms with E-state index >= 15 is 0 Å². The maximum Gasteiger partial charge on any atom is 0 e. The number of hydrogen-bond donors (Lipinski definition) is 0. The summed E-state index contributed by atoms with van der Waals surface area (Å²) in [5, 5.41) is 0. The molecule has 34 heavy (non-hydrogen) atoms. The van der Waals surface area contributed by atoms with Crippen LogP contribution >= 0.6 is 0 Å². The van der Waals surface area contributed by atoms with E-state index in [4.69, 9.17) is 0 Å². The minimum Gasteiger partial charge on any atom is -0.358 e. The fraction of sp³-hybridized carbons (Fsp3) is 0.226. The molecule has 0 unspecified atom stereocenters. The third-order valence-electron chi connectivity index (χ3n) is 3.97. The molecular weight excluding hydrogens is 483 g/mol. The smallest absolute Gasteiger partial charge is 0 e. The van der Waals surface area contributed by atoms with Gasteiger partial charge in [0.1, 0.15) is 0 Å². The van der Waals surface area contributed by atoms with E-state index < -0.39 is 0 Å².